The van der Waals surface area contributed by atoms with E-state index in [0.29, 0.717) is 0 Å². The van der Waals surface area contributed by atoms with E-state index >= 15 is 0 Å². The first kappa shape index (κ1) is 14.3. The van der Waals surface area contributed by atoms with Crippen molar-refractivity contribution in [2.24, 2.45) is 0 Å². The van der Waals surface area contributed by atoms with Crippen molar-refractivity contribution in [1.29, 1.82) is 0 Å². The lowest BCUT2D eigenvalue weighted by Gasteiger charge is -2.33. The van der Waals surface area contributed by atoms with E-state index in [0.717, 1.165) is 25.7 Å². The molecule has 5 heteroatoms. The van der Waals surface area contributed by atoms with E-state index in [2.05, 4.69) is 10.9 Å². The molecule has 0 unspecified atom stereocenters. The van der Waals surface area contributed by atoms with E-state index in [-0.39, 0.29) is 6.04 Å². The van der Waals surface area contributed by atoms with E-state index in [4.69, 9.17) is 4.74 Å². The zero-order chi connectivity index (χ0) is 13.1. The van der Waals surface area contributed by atoms with Crippen LogP contribution in [0.4, 0.5) is 4.79 Å². The number of carbonyl (C=O) groups excluding carboxylic acids is 1. The lowest BCUT2D eigenvalue weighted by Crippen LogP contribution is -2.49. The molecule has 0 atom stereocenters. The molecular formula is C12H24N2O3. The van der Waals surface area contributed by atoms with E-state index in [1.165, 1.54) is 0 Å². The maximum Gasteiger partial charge on any atom is 0.422 e. The molecule has 0 aromatic carbocycles. The molecule has 0 aliphatic heterocycles. The molecule has 0 radical (unpaired) electrons. The van der Waals surface area contributed by atoms with Crippen LogP contribution in [-0.4, -0.2) is 28.4 Å². The Morgan fingerprint density at radius 1 is 1.35 bits per heavy atom. The number of hydrazine groups is 1. The van der Waals surface area contributed by atoms with Crippen LogP contribution in [0.3, 0.4) is 0 Å². The second kappa shape index (κ2) is 5.23. The number of rotatable bonds is 2. The van der Waals surface area contributed by atoms with Crippen LogP contribution < -0.4 is 10.9 Å². The number of amides is 1. The Morgan fingerprint density at radius 2 is 1.88 bits per heavy atom. The third-order valence-corrected chi connectivity index (χ3v) is 2.84. The van der Waals surface area contributed by atoms with E-state index in [1.54, 1.807) is 0 Å². The van der Waals surface area contributed by atoms with Crippen LogP contribution >= 0.6 is 0 Å². The van der Waals surface area contributed by atoms with Crippen molar-refractivity contribution >= 4 is 6.09 Å². The van der Waals surface area contributed by atoms with E-state index in [1.807, 2.05) is 27.7 Å². The Bertz CT molecular complexity index is 261. The lowest BCUT2D eigenvalue weighted by molar-refractivity contribution is 0.0110. The van der Waals surface area contributed by atoms with Crippen LogP contribution in [0.15, 0.2) is 0 Å². The average Bonchev–Trinajstić information content (AvgIpc) is 2.13. The van der Waals surface area contributed by atoms with Crippen molar-refractivity contribution in [1.82, 2.24) is 10.9 Å². The quantitative estimate of drug-likeness (QED) is 0.647. The van der Waals surface area contributed by atoms with Gasteiger partial charge in [-0.05, 0) is 53.4 Å². The van der Waals surface area contributed by atoms with Crippen molar-refractivity contribution < 1.29 is 14.6 Å². The van der Waals surface area contributed by atoms with Gasteiger partial charge in [-0.2, -0.15) is 0 Å². The number of aliphatic hydroxyl groups is 1. The summed E-state index contributed by atoms with van der Waals surface area (Å²) in [6, 6.07) is 0.211. The third-order valence-electron chi connectivity index (χ3n) is 2.84. The van der Waals surface area contributed by atoms with E-state index < -0.39 is 17.3 Å². The van der Waals surface area contributed by atoms with Crippen molar-refractivity contribution in [2.45, 2.75) is 70.6 Å². The molecule has 0 spiro atoms. The molecule has 1 fully saturated rings. The summed E-state index contributed by atoms with van der Waals surface area (Å²) < 4.78 is 5.11. The molecular weight excluding hydrogens is 220 g/mol. The lowest BCUT2D eigenvalue weighted by atomic mass is 9.84. The highest BCUT2D eigenvalue weighted by Crippen LogP contribution is 2.27. The van der Waals surface area contributed by atoms with Crippen molar-refractivity contribution in [2.75, 3.05) is 0 Å². The summed E-state index contributed by atoms with van der Waals surface area (Å²) in [5, 5.41) is 9.78. The first-order valence-corrected chi connectivity index (χ1v) is 6.15. The van der Waals surface area contributed by atoms with Crippen LogP contribution in [0.5, 0.6) is 0 Å². The number of hydrogen-bond donors (Lipinski definition) is 3. The summed E-state index contributed by atoms with van der Waals surface area (Å²) in [7, 11) is 0. The minimum Gasteiger partial charge on any atom is -0.443 e. The molecule has 100 valence electrons. The summed E-state index contributed by atoms with van der Waals surface area (Å²) in [6.45, 7) is 7.32. The Hall–Kier alpha value is -0.810. The normalized spacial score (nSPS) is 29.8. The molecule has 0 heterocycles. The van der Waals surface area contributed by atoms with Gasteiger partial charge in [0, 0.05) is 6.04 Å². The Labute approximate surface area is 103 Å². The topological polar surface area (TPSA) is 70.6 Å². The fourth-order valence-electron chi connectivity index (χ4n) is 1.85. The SMILES string of the molecule is CC1(O)CCC(NNC(=O)OC(C)(C)C)CC1. The van der Waals surface area contributed by atoms with Gasteiger partial charge in [0.1, 0.15) is 5.60 Å². The second-order valence-corrected chi connectivity index (χ2v) is 6.04. The van der Waals surface area contributed by atoms with Gasteiger partial charge in [-0.25, -0.2) is 10.2 Å². The Balaban J connectivity index is 2.22. The van der Waals surface area contributed by atoms with Crippen molar-refractivity contribution in [3.63, 3.8) is 0 Å². The van der Waals surface area contributed by atoms with Crippen LogP contribution in [0.2, 0.25) is 0 Å². The molecule has 1 aliphatic rings. The van der Waals surface area contributed by atoms with Crippen LogP contribution in [0.25, 0.3) is 0 Å². The summed E-state index contributed by atoms with van der Waals surface area (Å²) in [5.41, 5.74) is 4.45. The largest absolute Gasteiger partial charge is 0.443 e. The van der Waals surface area contributed by atoms with Gasteiger partial charge >= 0.3 is 6.09 Å². The van der Waals surface area contributed by atoms with Crippen LogP contribution in [0, 0.1) is 0 Å². The zero-order valence-electron chi connectivity index (χ0n) is 11.2. The summed E-state index contributed by atoms with van der Waals surface area (Å²) in [6.07, 6.45) is 2.74. The Morgan fingerprint density at radius 3 is 2.35 bits per heavy atom. The van der Waals surface area contributed by atoms with Gasteiger partial charge in [0.2, 0.25) is 0 Å². The van der Waals surface area contributed by atoms with Gasteiger partial charge in [0.15, 0.2) is 0 Å². The van der Waals surface area contributed by atoms with E-state index in [9.17, 15) is 9.90 Å². The first-order chi connectivity index (χ1) is 7.68. The molecule has 1 aliphatic carbocycles. The van der Waals surface area contributed by atoms with Crippen molar-refractivity contribution in [3.8, 4) is 0 Å². The predicted molar refractivity (Wildman–Crippen MR) is 65.4 cm³/mol. The maximum atomic E-state index is 11.4. The minimum absolute atomic E-state index is 0.211. The smallest absolute Gasteiger partial charge is 0.422 e. The van der Waals surface area contributed by atoms with Gasteiger partial charge < -0.3 is 9.84 Å². The third kappa shape index (κ3) is 5.89. The molecule has 0 saturated heterocycles. The number of carbonyl (C=O) groups is 1. The molecule has 3 N–H and O–H groups in total. The molecule has 5 nitrogen and oxygen atoms in total. The number of hydrogen-bond acceptors (Lipinski definition) is 4. The number of ether oxygens (including phenoxy) is 1. The fourth-order valence-corrected chi connectivity index (χ4v) is 1.85. The maximum absolute atomic E-state index is 11.4. The highest BCUT2D eigenvalue weighted by Gasteiger charge is 2.28. The van der Waals surface area contributed by atoms with Crippen molar-refractivity contribution in [3.05, 3.63) is 0 Å². The molecule has 1 amide bonds. The van der Waals surface area contributed by atoms with Gasteiger partial charge in [0.25, 0.3) is 0 Å². The van der Waals surface area contributed by atoms with Gasteiger partial charge in [-0.1, -0.05) is 0 Å². The summed E-state index contributed by atoms with van der Waals surface area (Å²) in [5.74, 6) is 0. The van der Waals surface area contributed by atoms with Crippen LogP contribution in [0.1, 0.15) is 53.4 Å². The second-order valence-electron chi connectivity index (χ2n) is 6.04. The fraction of sp³-hybridized carbons (Fsp3) is 0.917. The highest BCUT2D eigenvalue weighted by molar-refractivity contribution is 5.67. The minimum atomic E-state index is -0.551. The summed E-state index contributed by atoms with van der Waals surface area (Å²) >= 11 is 0. The summed E-state index contributed by atoms with van der Waals surface area (Å²) in [4.78, 5) is 11.4. The molecule has 0 bridgehead atoms. The molecule has 0 aromatic heterocycles. The first-order valence-electron chi connectivity index (χ1n) is 6.15. The standard InChI is InChI=1S/C12H24N2O3/c1-11(2,3)17-10(15)14-13-9-5-7-12(4,16)8-6-9/h9,13,16H,5-8H2,1-4H3,(H,14,15). The number of nitrogens with one attached hydrogen (secondary N) is 2. The Kier molecular flexibility index (Phi) is 4.38. The van der Waals surface area contributed by atoms with Gasteiger partial charge in [-0.3, -0.25) is 5.43 Å². The van der Waals surface area contributed by atoms with Crippen LogP contribution in [-0.2, 0) is 4.74 Å². The monoisotopic (exact) mass is 244 g/mol. The molecule has 1 rings (SSSR count). The van der Waals surface area contributed by atoms with Gasteiger partial charge in [0.05, 0.1) is 5.60 Å². The molecule has 0 aromatic rings. The average molecular weight is 244 g/mol. The predicted octanol–water partition coefficient (Wildman–Crippen LogP) is 1.71. The highest BCUT2D eigenvalue weighted by atomic mass is 16.6. The zero-order valence-corrected chi connectivity index (χ0v) is 11.2. The molecule has 1 saturated carbocycles. The van der Waals surface area contributed by atoms with Gasteiger partial charge in [-0.15, -0.1) is 0 Å². The molecule has 17 heavy (non-hydrogen) atoms.